The predicted molar refractivity (Wildman–Crippen MR) is 89.7 cm³/mol. The van der Waals surface area contributed by atoms with E-state index in [1.54, 1.807) is 17.8 Å². The molecule has 0 radical (unpaired) electrons. The molecule has 130 valence electrons. The number of aromatic hydroxyl groups is 1. The highest BCUT2D eigenvalue weighted by atomic mass is 32.2. The van der Waals surface area contributed by atoms with E-state index in [1.807, 2.05) is 26.0 Å². The van der Waals surface area contributed by atoms with Crippen molar-refractivity contribution in [3.8, 4) is 11.5 Å². The number of benzene rings is 2. The predicted octanol–water partition coefficient (Wildman–Crippen LogP) is 5.53. The van der Waals surface area contributed by atoms with Crippen LogP contribution in [0.2, 0.25) is 0 Å². The first-order chi connectivity index (χ1) is 11.3. The molecule has 0 spiro atoms. The van der Waals surface area contributed by atoms with E-state index in [0.29, 0.717) is 12.4 Å². The highest BCUT2D eigenvalue weighted by Crippen LogP contribution is 2.30. The molecule has 0 fully saturated rings. The number of hydrogen-bond acceptors (Lipinski definition) is 3. The van der Waals surface area contributed by atoms with E-state index >= 15 is 0 Å². The average Bonchev–Trinajstić information content (AvgIpc) is 2.53. The monoisotopic (exact) mass is 356 g/mol. The van der Waals surface area contributed by atoms with Crippen LogP contribution in [0, 0.1) is 12.8 Å². The minimum atomic E-state index is -4.33. The van der Waals surface area contributed by atoms with Crippen LogP contribution in [0.25, 0.3) is 0 Å². The summed E-state index contributed by atoms with van der Waals surface area (Å²) < 4.78 is 43.0. The quantitative estimate of drug-likeness (QED) is 0.691. The molecule has 0 heterocycles. The first-order valence-corrected chi connectivity index (χ1v) is 8.46. The number of hydrogen-bond donors (Lipinski definition) is 1. The van der Waals surface area contributed by atoms with Gasteiger partial charge in [-0.25, -0.2) is 0 Å². The summed E-state index contributed by atoms with van der Waals surface area (Å²) in [4.78, 5) is 1.06. The molecule has 2 rings (SSSR count). The van der Waals surface area contributed by atoms with Crippen molar-refractivity contribution in [1.82, 2.24) is 0 Å². The first kappa shape index (κ1) is 18.5. The Morgan fingerprint density at radius 1 is 1.12 bits per heavy atom. The number of thioether (sulfide) groups is 1. The van der Waals surface area contributed by atoms with Crippen LogP contribution < -0.4 is 4.74 Å². The SMILES string of the molecule is Cc1cc(SCC(C)COc2ccc(C(F)(F)F)cc2)ccc1O. The molecule has 6 heteroatoms. The zero-order chi connectivity index (χ0) is 17.7. The minimum absolute atomic E-state index is 0.228. The lowest BCUT2D eigenvalue weighted by molar-refractivity contribution is -0.137. The maximum absolute atomic E-state index is 12.5. The van der Waals surface area contributed by atoms with Gasteiger partial charge in [-0.1, -0.05) is 6.92 Å². The molecule has 24 heavy (non-hydrogen) atoms. The van der Waals surface area contributed by atoms with Gasteiger partial charge in [0.25, 0.3) is 0 Å². The lowest BCUT2D eigenvalue weighted by atomic mass is 10.2. The summed E-state index contributed by atoms with van der Waals surface area (Å²) in [6.07, 6.45) is -4.33. The molecular weight excluding hydrogens is 337 g/mol. The van der Waals surface area contributed by atoms with Gasteiger partial charge in [-0.2, -0.15) is 13.2 Å². The summed E-state index contributed by atoms with van der Waals surface area (Å²) >= 11 is 1.65. The standard InChI is InChI=1S/C18H19F3O2S/c1-12(11-24-16-7-8-17(22)13(2)9-16)10-23-15-5-3-14(4-6-15)18(19,20)21/h3-9,12,22H,10-11H2,1-2H3. The molecule has 1 atom stereocenters. The maximum Gasteiger partial charge on any atom is 0.416 e. The van der Waals surface area contributed by atoms with Crippen molar-refractivity contribution in [2.45, 2.75) is 24.9 Å². The molecule has 0 bridgehead atoms. The molecule has 2 aromatic rings. The third-order valence-electron chi connectivity index (χ3n) is 3.42. The first-order valence-electron chi connectivity index (χ1n) is 7.48. The number of halogens is 3. The van der Waals surface area contributed by atoms with E-state index in [9.17, 15) is 18.3 Å². The zero-order valence-electron chi connectivity index (χ0n) is 13.4. The van der Waals surface area contributed by atoms with Gasteiger partial charge in [0.2, 0.25) is 0 Å². The van der Waals surface area contributed by atoms with Crippen LogP contribution in [-0.4, -0.2) is 17.5 Å². The van der Waals surface area contributed by atoms with Crippen LogP contribution in [0.3, 0.4) is 0 Å². The van der Waals surface area contributed by atoms with Gasteiger partial charge in [-0.05, 0) is 60.9 Å². The largest absolute Gasteiger partial charge is 0.508 e. The van der Waals surface area contributed by atoms with E-state index in [-0.39, 0.29) is 11.7 Å². The number of ether oxygens (including phenoxy) is 1. The fraction of sp³-hybridized carbons (Fsp3) is 0.333. The minimum Gasteiger partial charge on any atom is -0.508 e. The Labute approximate surface area is 143 Å². The Bertz CT molecular complexity index is 669. The van der Waals surface area contributed by atoms with Crippen molar-refractivity contribution in [1.29, 1.82) is 0 Å². The summed E-state index contributed by atoms with van der Waals surface area (Å²) in [5, 5.41) is 9.50. The Kier molecular flexibility index (Phi) is 6.04. The third kappa shape index (κ3) is 5.37. The fourth-order valence-corrected chi connectivity index (χ4v) is 2.98. The summed E-state index contributed by atoms with van der Waals surface area (Å²) in [6, 6.07) is 10.2. The smallest absolute Gasteiger partial charge is 0.416 e. The third-order valence-corrected chi connectivity index (χ3v) is 4.74. The molecule has 0 aliphatic rings. The fourth-order valence-electron chi connectivity index (χ4n) is 1.98. The Balaban J connectivity index is 1.80. The molecule has 1 unspecified atom stereocenters. The highest BCUT2D eigenvalue weighted by Gasteiger charge is 2.30. The van der Waals surface area contributed by atoms with E-state index in [1.165, 1.54) is 12.1 Å². The van der Waals surface area contributed by atoms with Crippen LogP contribution in [0.5, 0.6) is 11.5 Å². The summed E-state index contributed by atoms with van der Waals surface area (Å²) in [7, 11) is 0. The Hall–Kier alpha value is -1.82. The zero-order valence-corrected chi connectivity index (χ0v) is 14.2. The second-order valence-corrected chi connectivity index (χ2v) is 6.79. The molecular formula is C18H19F3O2S. The van der Waals surface area contributed by atoms with Gasteiger partial charge in [0, 0.05) is 10.6 Å². The van der Waals surface area contributed by atoms with Gasteiger partial charge < -0.3 is 9.84 Å². The van der Waals surface area contributed by atoms with E-state index in [0.717, 1.165) is 28.3 Å². The number of aryl methyl sites for hydroxylation is 1. The van der Waals surface area contributed by atoms with Crippen LogP contribution in [-0.2, 0) is 6.18 Å². The topological polar surface area (TPSA) is 29.5 Å². The van der Waals surface area contributed by atoms with Crippen LogP contribution in [0.1, 0.15) is 18.1 Å². The summed E-state index contributed by atoms with van der Waals surface area (Å²) in [5.41, 5.74) is 0.148. The molecule has 0 aromatic heterocycles. The Morgan fingerprint density at radius 2 is 1.79 bits per heavy atom. The van der Waals surface area contributed by atoms with Crippen LogP contribution >= 0.6 is 11.8 Å². The normalized spacial score (nSPS) is 12.9. The summed E-state index contributed by atoms with van der Waals surface area (Å²) in [5.74, 6) is 1.75. The molecule has 0 aliphatic heterocycles. The number of phenolic OH excluding ortho intramolecular Hbond substituents is 1. The molecule has 1 N–H and O–H groups in total. The van der Waals surface area contributed by atoms with Gasteiger partial charge >= 0.3 is 6.18 Å². The maximum atomic E-state index is 12.5. The van der Waals surface area contributed by atoms with Gasteiger partial charge in [-0.15, -0.1) is 11.8 Å². The Morgan fingerprint density at radius 3 is 2.38 bits per heavy atom. The van der Waals surface area contributed by atoms with Crippen LogP contribution in [0.4, 0.5) is 13.2 Å². The number of phenols is 1. The van der Waals surface area contributed by atoms with Crippen molar-refractivity contribution in [2.24, 2.45) is 5.92 Å². The van der Waals surface area contributed by atoms with Crippen molar-refractivity contribution < 1.29 is 23.0 Å². The molecule has 0 saturated carbocycles. The molecule has 0 aliphatic carbocycles. The van der Waals surface area contributed by atoms with Gasteiger partial charge in [-0.3, -0.25) is 0 Å². The van der Waals surface area contributed by atoms with E-state index in [4.69, 9.17) is 4.74 Å². The molecule has 2 aromatic carbocycles. The van der Waals surface area contributed by atoms with E-state index < -0.39 is 11.7 Å². The van der Waals surface area contributed by atoms with Gasteiger partial charge in [0.15, 0.2) is 0 Å². The van der Waals surface area contributed by atoms with Crippen molar-refractivity contribution in [3.63, 3.8) is 0 Å². The van der Waals surface area contributed by atoms with Gasteiger partial charge in [0.05, 0.1) is 12.2 Å². The lowest BCUT2D eigenvalue weighted by Crippen LogP contribution is -2.11. The van der Waals surface area contributed by atoms with Crippen molar-refractivity contribution in [2.75, 3.05) is 12.4 Å². The van der Waals surface area contributed by atoms with Crippen LogP contribution in [0.15, 0.2) is 47.4 Å². The van der Waals surface area contributed by atoms with Crippen molar-refractivity contribution >= 4 is 11.8 Å². The number of rotatable bonds is 6. The van der Waals surface area contributed by atoms with Gasteiger partial charge in [0.1, 0.15) is 11.5 Å². The number of alkyl halides is 3. The highest BCUT2D eigenvalue weighted by molar-refractivity contribution is 7.99. The van der Waals surface area contributed by atoms with E-state index in [2.05, 4.69) is 0 Å². The second kappa shape index (κ2) is 7.83. The average molecular weight is 356 g/mol. The molecule has 2 nitrogen and oxygen atoms in total. The molecule has 0 amide bonds. The second-order valence-electron chi connectivity index (χ2n) is 5.70. The molecule has 0 saturated heterocycles. The summed E-state index contributed by atoms with van der Waals surface area (Å²) in [6.45, 7) is 4.29. The van der Waals surface area contributed by atoms with Crippen molar-refractivity contribution in [3.05, 3.63) is 53.6 Å². The lowest BCUT2D eigenvalue weighted by Gasteiger charge is -2.14.